The number of rotatable bonds is 2. The van der Waals surface area contributed by atoms with E-state index in [1.54, 1.807) is 16.7 Å². The van der Waals surface area contributed by atoms with Gasteiger partial charge in [0.2, 0.25) is 0 Å². The van der Waals surface area contributed by atoms with Crippen LogP contribution in [0, 0.1) is 0 Å². The van der Waals surface area contributed by atoms with E-state index in [2.05, 4.69) is 29.0 Å². The second-order valence-corrected chi connectivity index (χ2v) is 5.54. The molecule has 0 saturated carbocycles. The third-order valence-electron chi connectivity index (χ3n) is 3.98. The minimum atomic E-state index is -0.0129. The number of aromatic nitrogens is 2. The zero-order valence-corrected chi connectivity index (χ0v) is 11.9. The number of piperazine rings is 1. The molecule has 0 aromatic carbocycles. The SMILES string of the molecule is CC1CNCC(C)N1Cc1cc(=O)n2ccccc2n1. The minimum absolute atomic E-state index is 0.0129. The van der Waals surface area contributed by atoms with E-state index in [0.29, 0.717) is 17.7 Å². The molecule has 2 atom stereocenters. The third kappa shape index (κ3) is 2.46. The number of pyridine rings is 1. The number of hydrogen-bond acceptors (Lipinski definition) is 4. The second kappa shape index (κ2) is 5.34. The summed E-state index contributed by atoms with van der Waals surface area (Å²) in [6.45, 7) is 7.10. The summed E-state index contributed by atoms with van der Waals surface area (Å²) in [5.74, 6) is 0. The molecule has 5 nitrogen and oxygen atoms in total. The van der Waals surface area contributed by atoms with Crippen LogP contribution in [0.1, 0.15) is 19.5 Å². The lowest BCUT2D eigenvalue weighted by Crippen LogP contribution is -2.54. The Kier molecular flexibility index (Phi) is 3.54. The number of nitrogens with one attached hydrogen (secondary N) is 1. The molecule has 3 rings (SSSR count). The monoisotopic (exact) mass is 272 g/mol. The van der Waals surface area contributed by atoms with Gasteiger partial charge in [-0.25, -0.2) is 4.98 Å². The summed E-state index contributed by atoms with van der Waals surface area (Å²) in [5.41, 5.74) is 1.55. The first-order chi connectivity index (χ1) is 9.65. The average molecular weight is 272 g/mol. The Hall–Kier alpha value is -1.72. The predicted molar refractivity (Wildman–Crippen MR) is 78.8 cm³/mol. The fourth-order valence-corrected chi connectivity index (χ4v) is 2.85. The number of hydrogen-bond donors (Lipinski definition) is 1. The fraction of sp³-hybridized carbons (Fsp3) is 0.467. The third-order valence-corrected chi connectivity index (χ3v) is 3.98. The molecule has 1 N–H and O–H groups in total. The van der Waals surface area contributed by atoms with Crippen molar-refractivity contribution in [2.24, 2.45) is 0 Å². The summed E-state index contributed by atoms with van der Waals surface area (Å²) in [5, 5.41) is 3.41. The van der Waals surface area contributed by atoms with Crippen molar-refractivity contribution >= 4 is 5.65 Å². The maximum Gasteiger partial charge on any atom is 0.258 e. The van der Waals surface area contributed by atoms with E-state index < -0.39 is 0 Å². The van der Waals surface area contributed by atoms with Gasteiger partial charge in [0.1, 0.15) is 5.65 Å². The molecule has 1 aliphatic heterocycles. The molecule has 20 heavy (non-hydrogen) atoms. The van der Waals surface area contributed by atoms with Crippen LogP contribution in [0.2, 0.25) is 0 Å². The van der Waals surface area contributed by atoms with E-state index >= 15 is 0 Å². The highest BCUT2D eigenvalue weighted by atomic mass is 16.1. The number of nitrogens with zero attached hydrogens (tertiary/aromatic N) is 3. The summed E-state index contributed by atoms with van der Waals surface area (Å²) in [6.07, 6.45) is 1.75. The lowest BCUT2D eigenvalue weighted by Gasteiger charge is -2.39. The van der Waals surface area contributed by atoms with E-state index in [1.165, 1.54) is 0 Å². The molecule has 2 unspecified atom stereocenters. The van der Waals surface area contributed by atoms with Crippen molar-refractivity contribution in [1.82, 2.24) is 19.6 Å². The minimum Gasteiger partial charge on any atom is -0.314 e. The Balaban J connectivity index is 1.92. The average Bonchev–Trinajstić information content (AvgIpc) is 2.43. The van der Waals surface area contributed by atoms with Gasteiger partial charge in [-0.05, 0) is 26.0 Å². The second-order valence-electron chi connectivity index (χ2n) is 5.54. The van der Waals surface area contributed by atoms with Crippen LogP contribution < -0.4 is 10.9 Å². The van der Waals surface area contributed by atoms with Crippen molar-refractivity contribution in [3.63, 3.8) is 0 Å². The van der Waals surface area contributed by atoms with Crippen molar-refractivity contribution in [3.05, 3.63) is 46.5 Å². The van der Waals surface area contributed by atoms with Crippen LogP contribution in [0.3, 0.4) is 0 Å². The van der Waals surface area contributed by atoms with Crippen molar-refractivity contribution in [3.8, 4) is 0 Å². The van der Waals surface area contributed by atoms with Gasteiger partial charge < -0.3 is 5.32 Å². The summed E-state index contributed by atoms with van der Waals surface area (Å²) in [4.78, 5) is 19.1. The Morgan fingerprint density at radius 3 is 2.80 bits per heavy atom. The molecule has 0 bridgehead atoms. The Morgan fingerprint density at radius 1 is 1.30 bits per heavy atom. The van der Waals surface area contributed by atoms with Gasteiger partial charge in [0, 0.05) is 44.0 Å². The summed E-state index contributed by atoms with van der Waals surface area (Å²) >= 11 is 0. The molecular weight excluding hydrogens is 252 g/mol. The molecule has 2 aromatic heterocycles. The molecule has 0 aliphatic carbocycles. The smallest absolute Gasteiger partial charge is 0.258 e. The summed E-state index contributed by atoms with van der Waals surface area (Å²) < 4.78 is 1.58. The quantitative estimate of drug-likeness (QED) is 0.881. The van der Waals surface area contributed by atoms with Gasteiger partial charge in [-0.2, -0.15) is 0 Å². The van der Waals surface area contributed by atoms with Gasteiger partial charge in [-0.15, -0.1) is 0 Å². The topological polar surface area (TPSA) is 49.6 Å². The highest BCUT2D eigenvalue weighted by Crippen LogP contribution is 2.13. The van der Waals surface area contributed by atoms with Gasteiger partial charge in [0.05, 0.1) is 5.69 Å². The van der Waals surface area contributed by atoms with Crippen LogP contribution in [-0.2, 0) is 6.54 Å². The van der Waals surface area contributed by atoms with E-state index in [-0.39, 0.29) is 5.56 Å². The summed E-state index contributed by atoms with van der Waals surface area (Å²) in [6, 6.07) is 8.17. The van der Waals surface area contributed by atoms with Crippen LogP contribution in [0.25, 0.3) is 5.65 Å². The lowest BCUT2D eigenvalue weighted by atomic mass is 10.1. The molecule has 0 radical (unpaired) electrons. The number of fused-ring (bicyclic) bond motifs is 1. The van der Waals surface area contributed by atoms with E-state index in [0.717, 1.165) is 25.3 Å². The maximum atomic E-state index is 12.1. The lowest BCUT2D eigenvalue weighted by molar-refractivity contribution is 0.107. The molecule has 2 aromatic rings. The molecule has 0 amide bonds. The first-order valence-corrected chi connectivity index (χ1v) is 7.09. The highest BCUT2D eigenvalue weighted by Gasteiger charge is 2.24. The molecule has 5 heteroatoms. The largest absolute Gasteiger partial charge is 0.314 e. The molecule has 1 saturated heterocycles. The fourth-order valence-electron chi connectivity index (χ4n) is 2.85. The summed E-state index contributed by atoms with van der Waals surface area (Å²) in [7, 11) is 0. The zero-order valence-electron chi connectivity index (χ0n) is 11.9. The Morgan fingerprint density at radius 2 is 2.05 bits per heavy atom. The van der Waals surface area contributed by atoms with Crippen LogP contribution in [0.5, 0.6) is 0 Å². The van der Waals surface area contributed by atoms with Crippen LogP contribution in [-0.4, -0.2) is 39.5 Å². The molecule has 106 valence electrons. The van der Waals surface area contributed by atoms with Gasteiger partial charge in [0.15, 0.2) is 0 Å². The first-order valence-electron chi connectivity index (χ1n) is 7.09. The first kappa shape index (κ1) is 13.3. The zero-order chi connectivity index (χ0) is 14.1. The maximum absolute atomic E-state index is 12.1. The standard InChI is InChI=1S/C15H20N4O/c1-11-8-16-9-12(2)19(11)10-13-7-15(20)18-6-4-3-5-14(18)17-13/h3-7,11-12,16H,8-10H2,1-2H3. The van der Waals surface area contributed by atoms with Crippen molar-refractivity contribution in [2.75, 3.05) is 13.1 Å². The van der Waals surface area contributed by atoms with Crippen LogP contribution in [0.4, 0.5) is 0 Å². The van der Waals surface area contributed by atoms with E-state index in [1.807, 2.05) is 18.2 Å². The molecule has 0 spiro atoms. The molecule has 3 heterocycles. The van der Waals surface area contributed by atoms with Crippen LogP contribution >= 0.6 is 0 Å². The van der Waals surface area contributed by atoms with Gasteiger partial charge in [-0.1, -0.05) is 6.07 Å². The highest BCUT2D eigenvalue weighted by molar-refractivity contribution is 5.38. The van der Waals surface area contributed by atoms with Crippen molar-refractivity contribution < 1.29 is 0 Å². The van der Waals surface area contributed by atoms with Gasteiger partial charge >= 0.3 is 0 Å². The predicted octanol–water partition coefficient (Wildman–Crippen LogP) is 0.877. The Labute approximate surface area is 118 Å². The normalized spacial score (nSPS) is 24.1. The Bertz CT molecular complexity index is 656. The molecule has 1 fully saturated rings. The van der Waals surface area contributed by atoms with E-state index in [4.69, 9.17) is 0 Å². The molecular formula is C15H20N4O. The van der Waals surface area contributed by atoms with Crippen molar-refractivity contribution in [2.45, 2.75) is 32.5 Å². The van der Waals surface area contributed by atoms with Gasteiger partial charge in [0.25, 0.3) is 5.56 Å². The molecule has 1 aliphatic rings. The van der Waals surface area contributed by atoms with Gasteiger partial charge in [-0.3, -0.25) is 14.1 Å². The van der Waals surface area contributed by atoms with Crippen molar-refractivity contribution in [1.29, 1.82) is 0 Å². The van der Waals surface area contributed by atoms with Crippen LogP contribution in [0.15, 0.2) is 35.3 Å². The van der Waals surface area contributed by atoms with E-state index in [9.17, 15) is 4.79 Å².